The number of ether oxygens (including phenoxy) is 2. The second-order valence-corrected chi connectivity index (χ2v) is 7.78. The largest absolute Gasteiger partial charge is 0.377 e. The molecule has 6 nitrogen and oxygen atoms in total. The number of aromatic nitrogens is 1. The van der Waals surface area contributed by atoms with E-state index >= 15 is 0 Å². The van der Waals surface area contributed by atoms with Gasteiger partial charge >= 0.3 is 0 Å². The molecule has 1 spiro atoms. The zero-order valence-electron chi connectivity index (χ0n) is 15.5. The van der Waals surface area contributed by atoms with E-state index in [-0.39, 0.29) is 17.6 Å². The molecule has 1 aromatic heterocycles. The Morgan fingerprint density at radius 2 is 2.27 bits per heavy atom. The van der Waals surface area contributed by atoms with Crippen LogP contribution in [-0.2, 0) is 9.47 Å². The maximum absolute atomic E-state index is 13.1. The summed E-state index contributed by atoms with van der Waals surface area (Å²) >= 11 is 0. The van der Waals surface area contributed by atoms with Gasteiger partial charge in [0, 0.05) is 30.4 Å². The lowest BCUT2D eigenvalue weighted by Gasteiger charge is -2.32. The maximum Gasteiger partial charge on any atom is 0.254 e. The first-order valence-electron chi connectivity index (χ1n) is 9.31. The average molecular weight is 357 g/mol. The minimum Gasteiger partial charge on any atom is -0.377 e. The van der Waals surface area contributed by atoms with Crippen LogP contribution in [0.4, 0.5) is 0 Å². The summed E-state index contributed by atoms with van der Waals surface area (Å²) in [5.41, 5.74) is 1.32. The Kier molecular flexibility index (Phi) is 4.73. The van der Waals surface area contributed by atoms with Crippen LogP contribution < -0.4 is 0 Å². The highest BCUT2D eigenvalue weighted by Crippen LogP contribution is 2.33. The van der Waals surface area contributed by atoms with Crippen molar-refractivity contribution < 1.29 is 14.3 Å². The molecule has 1 amide bonds. The molecule has 1 aromatic carbocycles. The van der Waals surface area contributed by atoms with E-state index in [2.05, 4.69) is 24.0 Å². The summed E-state index contributed by atoms with van der Waals surface area (Å²) in [5.74, 6) is 0.0473. The highest BCUT2D eigenvalue weighted by atomic mass is 16.6. The number of rotatable bonds is 3. The van der Waals surface area contributed by atoms with Crippen molar-refractivity contribution >= 4 is 16.8 Å². The van der Waals surface area contributed by atoms with Gasteiger partial charge in [-0.05, 0) is 50.5 Å². The number of amides is 1. The van der Waals surface area contributed by atoms with Crippen LogP contribution in [-0.4, -0.2) is 79.3 Å². The molecule has 2 aliphatic heterocycles. The molecule has 140 valence electrons. The fourth-order valence-corrected chi connectivity index (χ4v) is 4.10. The number of benzene rings is 1. The van der Waals surface area contributed by atoms with Crippen LogP contribution in [0.25, 0.3) is 10.9 Å². The smallest absolute Gasteiger partial charge is 0.254 e. The summed E-state index contributed by atoms with van der Waals surface area (Å²) in [7, 11) is 4.12. The Balaban J connectivity index is 1.51. The monoisotopic (exact) mass is 357 g/mol. The number of hydrogen-bond donors (Lipinski definition) is 1. The van der Waals surface area contributed by atoms with Gasteiger partial charge in [0.05, 0.1) is 25.9 Å². The minimum absolute atomic E-state index is 0.0473. The zero-order valence-corrected chi connectivity index (χ0v) is 15.5. The van der Waals surface area contributed by atoms with Gasteiger partial charge in [-0.25, -0.2) is 0 Å². The number of likely N-dealkylation sites (N-methyl/N-ethyl adjacent to an activating group) is 1. The summed E-state index contributed by atoms with van der Waals surface area (Å²) in [6, 6.07) is 7.83. The normalized spacial score (nSPS) is 26.7. The molecule has 4 rings (SSSR count). The van der Waals surface area contributed by atoms with Gasteiger partial charge in [-0.2, -0.15) is 0 Å². The van der Waals surface area contributed by atoms with Crippen LogP contribution in [0, 0.1) is 0 Å². The SMILES string of the molecule is CN(C)C[C@@H]1CC[C@@]2(COCCN(C(=O)c3ccc4cc[nH]c4c3)C2)O1. The summed E-state index contributed by atoms with van der Waals surface area (Å²) < 4.78 is 12.2. The lowest BCUT2D eigenvalue weighted by Crippen LogP contribution is -2.47. The van der Waals surface area contributed by atoms with Gasteiger partial charge in [0.25, 0.3) is 5.91 Å². The van der Waals surface area contributed by atoms with E-state index in [1.165, 1.54) is 0 Å². The highest BCUT2D eigenvalue weighted by Gasteiger charge is 2.44. The van der Waals surface area contributed by atoms with E-state index in [0.717, 1.165) is 30.3 Å². The Bertz CT molecular complexity index is 787. The standard InChI is InChI=1S/C20H27N3O3/c1-22(2)12-17-5-7-20(26-17)13-23(9-10-25-14-20)19(24)16-4-3-15-6-8-21-18(15)11-16/h3-4,6,8,11,17,21H,5,7,9-10,12-14H2,1-2H3/t17-,20+/m0/s1. The van der Waals surface area contributed by atoms with E-state index < -0.39 is 0 Å². The molecule has 2 saturated heterocycles. The summed E-state index contributed by atoms with van der Waals surface area (Å²) in [6.07, 6.45) is 4.05. The Morgan fingerprint density at radius 3 is 3.12 bits per heavy atom. The number of H-pyrrole nitrogens is 1. The molecule has 6 heteroatoms. The molecular formula is C20H27N3O3. The third kappa shape index (κ3) is 3.49. The van der Waals surface area contributed by atoms with Crippen molar-refractivity contribution in [2.45, 2.75) is 24.5 Å². The predicted molar refractivity (Wildman–Crippen MR) is 100 cm³/mol. The molecule has 2 aromatic rings. The molecular weight excluding hydrogens is 330 g/mol. The molecule has 0 radical (unpaired) electrons. The molecule has 26 heavy (non-hydrogen) atoms. The van der Waals surface area contributed by atoms with Crippen LogP contribution in [0.1, 0.15) is 23.2 Å². The van der Waals surface area contributed by atoms with Gasteiger partial charge in [-0.3, -0.25) is 4.79 Å². The van der Waals surface area contributed by atoms with Gasteiger partial charge in [-0.15, -0.1) is 0 Å². The van der Waals surface area contributed by atoms with E-state index in [4.69, 9.17) is 9.47 Å². The predicted octanol–water partition coefficient (Wildman–Crippen LogP) is 2.12. The minimum atomic E-state index is -0.372. The van der Waals surface area contributed by atoms with Crippen molar-refractivity contribution in [1.82, 2.24) is 14.8 Å². The molecule has 2 fully saturated rings. The van der Waals surface area contributed by atoms with Crippen molar-refractivity contribution in [3.63, 3.8) is 0 Å². The van der Waals surface area contributed by atoms with Crippen LogP contribution in [0.2, 0.25) is 0 Å². The lowest BCUT2D eigenvalue weighted by molar-refractivity contribution is -0.0878. The third-order valence-electron chi connectivity index (χ3n) is 5.35. The van der Waals surface area contributed by atoms with Crippen LogP contribution in [0.15, 0.2) is 30.5 Å². The van der Waals surface area contributed by atoms with Crippen molar-refractivity contribution in [1.29, 1.82) is 0 Å². The zero-order chi connectivity index (χ0) is 18.1. The second kappa shape index (κ2) is 7.02. The first-order chi connectivity index (χ1) is 12.5. The number of nitrogens with one attached hydrogen (secondary N) is 1. The molecule has 0 bridgehead atoms. The molecule has 1 N–H and O–H groups in total. The number of carbonyl (C=O) groups is 1. The van der Waals surface area contributed by atoms with Crippen molar-refractivity contribution in [2.24, 2.45) is 0 Å². The first-order valence-corrected chi connectivity index (χ1v) is 9.31. The quantitative estimate of drug-likeness (QED) is 0.914. The second-order valence-electron chi connectivity index (χ2n) is 7.78. The number of nitrogens with zero attached hydrogens (tertiary/aromatic N) is 2. The molecule has 0 saturated carbocycles. The van der Waals surface area contributed by atoms with Crippen LogP contribution >= 0.6 is 0 Å². The summed E-state index contributed by atoms with van der Waals surface area (Å²) in [6.45, 7) is 3.22. The van der Waals surface area contributed by atoms with Gasteiger partial charge < -0.3 is 24.3 Å². The fraction of sp³-hybridized carbons (Fsp3) is 0.550. The third-order valence-corrected chi connectivity index (χ3v) is 5.35. The molecule has 0 unspecified atom stereocenters. The number of fused-ring (bicyclic) bond motifs is 1. The Labute approximate surface area is 154 Å². The molecule has 2 aliphatic rings. The number of hydrogen-bond acceptors (Lipinski definition) is 4. The topological polar surface area (TPSA) is 57.8 Å². The van der Waals surface area contributed by atoms with E-state index in [0.29, 0.717) is 31.9 Å². The van der Waals surface area contributed by atoms with Gasteiger partial charge in [0.1, 0.15) is 5.60 Å². The lowest BCUT2D eigenvalue weighted by atomic mass is 9.99. The van der Waals surface area contributed by atoms with Crippen LogP contribution in [0.5, 0.6) is 0 Å². The molecule has 3 heterocycles. The Hall–Kier alpha value is -1.89. The molecule has 0 aliphatic carbocycles. The Morgan fingerprint density at radius 1 is 1.38 bits per heavy atom. The summed E-state index contributed by atoms with van der Waals surface area (Å²) in [5, 5.41) is 1.11. The number of carbonyl (C=O) groups excluding carboxylic acids is 1. The van der Waals surface area contributed by atoms with Crippen LogP contribution in [0.3, 0.4) is 0 Å². The maximum atomic E-state index is 13.1. The van der Waals surface area contributed by atoms with Gasteiger partial charge in [0.15, 0.2) is 0 Å². The van der Waals surface area contributed by atoms with Gasteiger partial charge in [-0.1, -0.05) is 6.07 Å². The van der Waals surface area contributed by atoms with Crippen molar-refractivity contribution in [2.75, 3.05) is 46.9 Å². The van der Waals surface area contributed by atoms with E-state index in [9.17, 15) is 4.79 Å². The van der Waals surface area contributed by atoms with Gasteiger partial charge in [0.2, 0.25) is 0 Å². The first kappa shape index (κ1) is 17.5. The van der Waals surface area contributed by atoms with Crippen molar-refractivity contribution in [3.8, 4) is 0 Å². The average Bonchev–Trinajstić information content (AvgIpc) is 3.17. The van der Waals surface area contributed by atoms with Crippen molar-refractivity contribution in [3.05, 3.63) is 36.0 Å². The molecule has 2 atom stereocenters. The summed E-state index contributed by atoms with van der Waals surface area (Å²) in [4.78, 5) is 20.3. The fourth-order valence-electron chi connectivity index (χ4n) is 4.10. The van der Waals surface area contributed by atoms with E-state index in [1.54, 1.807) is 0 Å². The van der Waals surface area contributed by atoms with E-state index in [1.807, 2.05) is 35.4 Å². The highest BCUT2D eigenvalue weighted by molar-refractivity contribution is 5.98. The number of aromatic amines is 1.